The highest BCUT2D eigenvalue weighted by Crippen LogP contribution is 2.34. The summed E-state index contributed by atoms with van der Waals surface area (Å²) in [4.78, 5) is 30.5. The summed E-state index contributed by atoms with van der Waals surface area (Å²) in [5.74, 6) is 0.637. The highest BCUT2D eigenvalue weighted by Gasteiger charge is 2.33. The number of fused-ring (bicyclic) bond motifs is 1. The van der Waals surface area contributed by atoms with Gasteiger partial charge in [-0.15, -0.1) is 0 Å². The van der Waals surface area contributed by atoms with Crippen LogP contribution in [-0.4, -0.2) is 34.1 Å². The molecule has 1 atom stereocenters. The third kappa shape index (κ3) is 5.23. The average molecular weight is 483 g/mol. The summed E-state index contributed by atoms with van der Waals surface area (Å²) < 4.78 is 5.38. The minimum absolute atomic E-state index is 0.0185. The van der Waals surface area contributed by atoms with Crippen LogP contribution in [0.25, 0.3) is 0 Å². The maximum Gasteiger partial charge on any atom is 0.168 e. The van der Waals surface area contributed by atoms with Crippen molar-refractivity contribution in [1.82, 2.24) is 5.16 Å². The van der Waals surface area contributed by atoms with Crippen molar-refractivity contribution in [2.45, 2.75) is 57.3 Å². The van der Waals surface area contributed by atoms with Gasteiger partial charge in [-0.1, -0.05) is 65.8 Å². The van der Waals surface area contributed by atoms with Gasteiger partial charge in [0.1, 0.15) is 11.5 Å². The van der Waals surface area contributed by atoms with Gasteiger partial charge >= 0.3 is 0 Å². The minimum Gasteiger partial charge on any atom is -0.511 e. The number of rotatable bonds is 7. The summed E-state index contributed by atoms with van der Waals surface area (Å²) in [6, 6.07) is 20.1. The maximum absolute atomic E-state index is 13.3. The van der Waals surface area contributed by atoms with Crippen LogP contribution in [0.1, 0.15) is 71.0 Å². The number of aliphatic hydroxyl groups is 1. The largest absolute Gasteiger partial charge is 0.511 e. The molecule has 0 spiro atoms. The van der Waals surface area contributed by atoms with E-state index in [9.17, 15) is 14.7 Å². The number of hydrogen-bond donors (Lipinski definition) is 1. The van der Waals surface area contributed by atoms with E-state index < -0.39 is 0 Å². The molecule has 0 radical (unpaired) electrons. The molecule has 1 N–H and O–H groups in total. The predicted octanol–water partition coefficient (Wildman–Crippen LogP) is 5.77. The SMILES string of the molecule is O=C1CC(c2ccccc2)CC(=NCCc2ccccc2)/C1=C(/O)CCc1noc2c1C(=O)CCC2. The van der Waals surface area contributed by atoms with Gasteiger partial charge in [0.15, 0.2) is 11.6 Å². The average Bonchev–Trinajstić information content (AvgIpc) is 3.33. The molecule has 6 nitrogen and oxygen atoms in total. The molecular formula is C30H30N2O4. The van der Waals surface area contributed by atoms with E-state index in [-0.39, 0.29) is 29.7 Å². The molecule has 1 heterocycles. The third-order valence-electron chi connectivity index (χ3n) is 7.06. The Hall–Kier alpha value is -3.80. The molecule has 2 aliphatic carbocycles. The van der Waals surface area contributed by atoms with Gasteiger partial charge in [-0.05, 0) is 36.3 Å². The molecule has 0 aliphatic heterocycles. The quantitative estimate of drug-likeness (QED) is 0.341. The molecule has 0 bridgehead atoms. The van der Waals surface area contributed by atoms with Gasteiger partial charge in [-0.25, -0.2) is 0 Å². The number of aryl methyl sites for hydroxylation is 2. The first-order chi connectivity index (χ1) is 17.6. The summed E-state index contributed by atoms with van der Waals surface area (Å²) in [5.41, 5.74) is 4.40. The molecule has 0 saturated heterocycles. The van der Waals surface area contributed by atoms with E-state index in [0.29, 0.717) is 67.0 Å². The van der Waals surface area contributed by atoms with E-state index in [0.717, 1.165) is 18.4 Å². The number of carbonyl (C=O) groups excluding carboxylic acids is 2. The number of ketones is 2. The van der Waals surface area contributed by atoms with Crippen LogP contribution in [0.2, 0.25) is 0 Å². The Morgan fingerprint density at radius 2 is 1.69 bits per heavy atom. The zero-order chi connectivity index (χ0) is 24.9. The van der Waals surface area contributed by atoms with Crippen LogP contribution in [0.3, 0.4) is 0 Å². The van der Waals surface area contributed by atoms with Crippen molar-refractivity contribution in [1.29, 1.82) is 0 Å². The van der Waals surface area contributed by atoms with E-state index in [1.165, 1.54) is 5.56 Å². The first-order valence-corrected chi connectivity index (χ1v) is 12.7. The zero-order valence-electron chi connectivity index (χ0n) is 20.3. The summed E-state index contributed by atoms with van der Waals surface area (Å²) in [5, 5.41) is 15.2. The second kappa shape index (κ2) is 10.9. The van der Waals surface area contributed by atoms with Crippen molar-refractivity contribution < 1.29 is 19.2 Å². The fourth-order valence-corrected chi connectivity index (χ4v) is 5.21. The Bertz CT molecular complexity index is 1310. The lowest BCUT2D eigenvalue weighted by atomic mass is 9.78. The van der Waals surface area contributed by atoms with Crippen molar-refractivity contribution in [2.24, 2.45) is 4.99 Å². The number of Topliss-reactive ketones (excluding diaryl/α,β-unsaturated/α-hetero) is 2. The van der Waals surface area contributed by atoms with Gasteiger partial charge in [0.2, 0.25) is 0 Å². The summed E-state index contributed by atoms with van der Waals surface area (Å²) in [7, 11) is 0. The highest BCUT2D eigenvalue weighted by atomic mass is 16.5. The van der Waals surface area contributed by atoms with Gasteiger partial charge in [-0.3, -0.25) is 14.6 Å². The lowest BCUT2D eigenvalue weighted by Crippen LogP contribution is -2.27. The molecule has 6 heteroatoms. The highest BCUT2D eigenvalue weighted by molar-refractivity contribution is 6.24. The lowest BCUT2D eigenvalue weighted by molar-refractivity contribution is -0.116. The number of benzene rings is 2. The minimum atomic E-state index is -0.0932. The molecule has 2 aromatic carbocycles. The molecule has 5 rings (SSSR count). The number of allylic oxidation sites excluding steroid dienone is 2. The van der Waals surface area contributed by atoms with E-state index in [4.69, 9.17) is 9.52 Å². The molecule has 1 unspecified atom stereocenters. The van der Waals surface area contributed by atoms with Crippen molar-refractivity contribution in [3.63, 3.8) is 0 Å². The number of carbonyl (C=O) groups is 2. The Kier molecular flexibility index (Phi) is 7.21. The van der Waals surface area contributed by atoms with E-state index in [2.05, 4.69) is 17.3 Å². The summed E-state index contributed by atoms with van der Waals surface area (Å²) in [6.45, 7) is 0.538. The fraction of sp³-hybridized carbons (Fsp3) is 0.333. The monoisotopic (exact) mass is 482 g/mol. The first kappa shape index (κ1) is 23.9. The number of hydrogen-bond acceptors (Lipinski definition) is 6. The smallest absolute Gasteiger partial charge is 0.168 e. The molecule has 1 saturated carbocycles. The van der Waals surface area contributed by atoms with Gasteiger partial charge in [0.05, 0.1) is 16.8 Å². The molecule has 36 heavy (non-hydrogen) atoms. The van der Waals surface area contributed by atoms with Gasteiger partial charge in [-0.2, -0.15) is 0 Å². The van der Waals surface area contributed by atoms with Gasteiger partial charge in [0.25, 0.3) is 0 Å². The number of aliphatic hydroxyl groups excluding tert-OH is 1. The molecular weight excluding hydrogens is 452 g/mol. The van der Waals surface area contributed by atoms with Crippen LogP contribution in [-0.2, 0) is 24.1 Å². The summed E-state index contributed by atoms with van der Waals surface area (Å²) in [6.07, 6.45) is 4.21. The van der Waals surface area contributed by atoms with Crippen LogP contribution in [0.15, 0.2) is 81.5 Å². The van der Waals surface area contributed by atoms with E-state index >= 15 is 0 Å². The molecule has 1 aromatic heterocycles. The molecule has 1 fully saturated rings. The molecule has 184 valence electrons. The Morgan fingerprint density at radius 1 is 0.944 bits per heavy atom. The molecule has 3 aromatic rings. The lowest BCUT2D eigenvalue weighted by Gasteiger charge is -2.26. The van der Waals surface area contributed by atoms with Crippen molar-refractivity contribution in [3.8, 4) is 0 Å². The zero-order valence-corrected chi connectivity index (χ0v) is 20.3. The molecule has 0 amide bonds. The second-order valence-electron chi connectivity index (χ2n) is 9.53. The predicted molar refractivity (Wildman–Crippen MR) is 138 cm³/mol. The summed E-state index contributed by atoms with van der Waals surface area (Å²) >= 11 is 0. The van der Waals surface area contributed by atoms with Crippen molar-refractivity contribution in [2.75, 3.05) is 6.54 Å². The maximum atomic E-state index is 13.3. The van der Waals surface area contributed by atoms with Crippen LogP contribution >= 0.6 is 0 Å². The molecule has 2 aliphatic rings. The third-order valence-corrected chi connectivity index (χ3v) is 7.06. The Balaban J connectivity index is 1.38. The fourth-order valence-electron chi connectivity index (χ4n) is 5.21. The Labute approximate surface area is 210 Å². The number of aromatic nitrogens is 1. The topological polar surface area (TPSA) is 92.8 Å². The second-order valence-corrected chi connectivity index (χ2v) is 9.53. The normalized spacial score (nSPS) is 20.4. The van der Waals surface area contributed by atoms with Crippen LogP contribution in [0, 0.1) is 0 Å². The standard InChI is InChI=1S/C30H30N2O4/c33-25-12-7-13-28-30(25)23(32-36-28)14-15-26(34)29-24(31-17-16-20-8-3-1-4-9-20)18-22(19-27(29)35)21-10-5-2-6-11-21/h1-6,8-11,22,34H,7,12-19H2/b29-26-,31-24?. The van der Waals surface area contributed by atoms with E-state index in [1.807, 2.05) is 48.5 Å². The van der Waals surface area contributed by atoms with E-state index in [1.54, 1.807) is 0 Å². The Morgan fingerprint density at radius 3 is 2.47 bits per heavy atom. The van der Waals surface area contributed by atoms with Gasteiger partial charge < -0.3 is 9.63 Å². The van der Waals surface area contributed by atoms with Crippen LogP contribution < -0.4 is 0 Å². The van der Waals surface area contributed by atoms with Crippen LogP contribution in [0.5, 0.6) is 0 Å². The van der Waals surface area contributed by atoms with Crippen LogP contribution in [0.4, 0.5) is 0 Å². The first-order valence-electron chi connectivity index (χ1n) is 12.7. The number of aliphatic imine (C=N–C) groups is 1. The van der Waals surface area contributed by atoms with Gasteiger partial charge in [0, 0.05) is 44.4 Å². The van der Waals surface area contributed by atoms with Crippen molar-refractivity contribution in [3.05, 3.63) is 100 Å². The number of nitrogens with zero attached hydrogens (tertiary/aromatic N) is 2. The van der Waals surface area contributed by atoms with Crippen molar-refractivity contribution >= 4 is 17.3 Å².